The van der Waals surface area contributed by atoms with Gasteiger partial charge in [0.2, 0.25) is 0 Å². The van der Waals surface area contributed by atoms with Crippen LogP contribution in [0, 0.1) is 0 Å². The molecule has 1 aliphatic rings. The van der Waals surface area contributed by atoms with Crippen molar-refractivity contribution < 1.29 is 24.2 Å². The van der Waals surface area contributed by atoms with E-state index >= 15 is 0 Å². The second-order valence-electron chi connectivity index (χ2n) is 3.58. The number of hydrogen-bond acceptors (Lipinski definition) is 4. The maximum absolute atomic E-state index is 11.6. The zero-order valence-corrected chi connectivity index (χ0v) is 9.38. The summed E-state index contributed by atoms with van der Waals surface area (Å²) in [5.74, 6) is -2.00. The van der Waals surface area contributed by atoms with Gasteiger partial charge < -0.3 is 14.7 Å². The molecule has 3 amide bonds. The van der Waals surface area contributed by atoms with Crippen LogP contribution in [0.4, 0.5) is 4.79 Å². The first-order chi connectivity index (χ1) is 8.00. The van der Waals surface area contributed by atoms with E-state index in [0.717, 1.165) is 6.08 Å². The Labute approximate surface area is 98.0 Å². The van der Waals surface area contributed by atoms with Gasteiger partial charge in [0.05, 0.1) is 19.3 Å². The number of amides is 3. The third-order valence-electron chi connectivity index (χ3n) is 2.24. The fourth-order valence-electron chi connectivity index (χ4n) is 1.39. The lowest BCUT2D eigenvalue weighted by Gasteiger charge is -2.32. The van der Waals surface area contributed by atoms with Crippen LogP contribution in [0.15, 0.2) is 12.2 Å². The monoisotopic (exact) mass is 242 g/mol. The van der Waals surface area contributed by atoms with Gasteiger partial charge in [0, 0.05) is 18.7 Å². The highest BCUT2D eigenvalue weighted by Gasteiger charge is 2.24. The smallest absolute Gasteiger partial charge is 0.328 e. The van der Waals surface area contributed by atoms with Crippen molar-refractivity contribution in [1.29, 1.82) is 0 Å². The summed E-state index contributed by atoms with van der Waals surface area (Å²) in [4.78, 5) is 34.4. The van der Waals surface area contributed by atoms with Crippen molar-refractivity contribution in [2.75, 3.05) is 19.8 Å². The second kappa shape index (κ2) is 6.00. The average molecular weight is 242 g/mol. The largest absolute Gasteiger partial charge is 0.478 e. The molecule has 0 radical (unpaired) electrons. The van der Waals surface area contributed by atoms with E-state index in [9.17, 15) is 14.4 Å². The van der Waals surface area contributed by atoms with E-state index in [1.165, 1.54) is 4.90 Å². The number of hydrogen-bond donors (Lipinski definition) is 2. The van der Waals surface area contributed by atoms with Crippen molar-refractivity contribution in [1.82, 2.24) is 10.2 Å². The van der Waals surface area contributed by atoms with Gasteiger partial charge in [-0.1, -0.05) is 0 Å². The summed E-state index contributed by atoms with van der Waals surface area (Å²) in [6.07, 6.45) is 1.47. The summed E-state index contributed by atoms with van der Waals surface area (Å²) in [5.41, 5.74) is 0. The molecule has 94 valence electrons. The predicted molar refractivity (Wildman–Crippen MR) is 57.3 cm³/mol. The van der Waals surface area contributed by atoms with Crippen LogP contribution >= 0.6 is 0 Å². The molecule has 1 heterocycles. The Kier molecular flexibility index (Phi) is 4.65. The zero-order chi connectivity index (χ0) is 12.8. The molecule has 0 saturated carbocycles. The van der Waals surface area contributed by atoms with Gasteiger partial charge in [0.1, 0.15) is 0 Å². The molecule has 17 heavy (non-hydrogen) atoms. The highest BCUT2D eigenvalue weighted by Crippen LogP contribution is 2.05. The number of nitrogens with one attached hydrogen (secondary N) is 1. The molecule has 0 aliphatic carbocycles. The first-order valence-electron chi connectivity index (χ1n) is 5.11. The van der Waals surface area contributed by atoms with Crippen molar-refractivity contribution >= 4 is 17.9 Å². The van der Waals surface area contributed by atoms with Crippen molar-refractivity contribution in [3.8, 4) is 0 Å². The Morgan fingerprint density at radius 1 is 1.41 bits per heavy atom. The number of rotatable bonds is 2. The minimum absolute atomic E-state index is 0.111. The number of aliphatic carboxylic acids is 1. The van der Waals surface area contributed by atoms with E-state index in [1.807, 2.05) is 0 Å². The van der Waals surface area contributed by atoms with Crippen LogP contribution in [0.3, 0.4) is 0 Å². The number of nitrogens with zero attached hydrogens (tertiary/aromatic N) is 1. The maximum Gasteiger partial charge on any atom is 0.328 e. The standard InChI is InChI=1S/C10H14N2O5/c1-7-6-17-5-4-12(7)10(16)11-8(13)2-3-9(14)15/h2-3,7H,4-6H2,1H3,(H,14,15)(H,11,13,16)/b3-2+. The topological polar surface area (TPSA) is 95.9 Å². The molecule has 1 fully saturated rings. The number of carbonyl (C=O) groups is 3. The molecule has 2 N–H and O–H groups in total. The fraction of sp³-hybridized carbons (Fsp3) is 0.500. The van der Waals surface area contributed by atoms with E-state index in [4.69, 9.17) is 9.84 Å². The number of ether oxygens (including phenoxy) is 1. The molecule has 0 spiro atoms. The molecule has 7 nitrogen and oxygen atoms in total. The van der Waals surface area contributed by atoms with Crippen LogP contribution in [0.1, 0.15) is 6.92 Å². The maximum atomic E-state index is 11.6. The van der Waals surface area contributed by atoms with E-state index in [-0.39, 0.29) is 6.04 Å². The Morgan fingerprint density at radius 2 is 2.12 bits per heavy atom. The molecule has 1 saturated heterocycles. The first-order valence-corrected chi connectivity index (χ1v) is 5.11. The molecule has 0 bridgehead atoms. The number of carbonyl (C=O) groups excluding carboxylic acids is 2. The van der Waals surface area contributed by atoms with Gasteiger partial charge in [-0.3, -0.25) is 10.1 Å². The minimum atomic E-state index is -1.24. The van der Waals surface area contributed by atoms with Crippen LogP contribution in [0.5, 0.6) is 0 Å². The zero-order valence-electron chi connectivity index (χ0n) is 9.38. The molecule has 1 atom stereocenters. The van der Waals surface area contributed by atoms with Crippen LogP contribution in [0.25, 0.3) is 0 Å². The molecular weight excluding hydrogens is 228 g/mol. The van der Waals surface area contributed by atoms with Crippen molar-refractivity contribution in [2.45, 2.75) is 13.0 Å². The van der Waals surface area contributed by atoms with E-state index in [1.54, 1.807) is 6.92 Å². The summed E-state index contributed by atoms with van der Waals surface area (Å²) in [6.45, 7) is 3.06. The molecule has 0 aromatic heterocycles. The minimum Gasteiger partial charge on any atom is -0.478 e. The molecule has 0 aromatic carbocycles. The number of carboxylic acids is 1. The normalized spacial score (nSPS) is 20.3. The van der Waals surface area contributed by atoms with Gasteiger partial charge >= 0.3 is 12.0 Å². The van der Waals surface area contributed by atoms with Gasteiger partial charge in [-0.25, -0.2) is 9.59 Å². The fourth-order valence-corrected chi connectivity index (χ4v) is 1.39. The summed E-state index contributed by atoms with van der Waals surface area (Å²) < 4.78 is 5.15. The predicted octanol–water partition coefficient (Wildman–Crippen LogP) is -0.416. The Bertz CT molecular complexity index is 353. The van der Waals surface area contributed by atoms with E-state index < -0.39 is 17.9 Å². The van der Waals surface area contributed by atoms with Crippen LogP contribution < -0.4 is 5.32 Å². The van der Waals surface area contributed by atoms with Gasteiger partial charge in [-0.05, 0) is 6.92 Å². The van der Waals surface area contributed by atoms with Crippen molar-refractivity contribution in [3.63, 3.8) is 0 Å². The van der Waals surface area contributed by atoms with Gasteiger partial charge in [0.25, 0.3) is 5.91 Å². The molecule has 7 heteroatoms. The van der Waals surface area contributed by atoms with Crippen LogP contribution in [-0.4, -0.2) is 53.7 Å². The van der Waals surface area contributed by atoms with Crippen LogP contribution in [0.2, 0.25) is 0 Å². The lowest BCUT2D eigenvalue weighted by molar-refractivity contribution is -0.131. The van der Waals surface area contributed by atoms with Gasteiger partial charge in [-0.2, -0.15) is 0 Å². The van der Waals surface area contributed by atoms with E-state index in [0.29, 0.717) is 25.8 Å². The Morgan fingerprint density at radius 3 is 2.71 bits per heavy atom. The lowest BCUT2D eigenvalue weighted by Crippen LogP contribution is -2.52. The summed E-state index contributed by atoms with van der Waals surface area (Å²) >= 11 is 0. The van der Waals surface area contributed by atoms with Crippen molar-refractivity contribution in [2.24, 2.45) is 0 Å². The second-order valence-corrected chi connectivity index (χ2v) is 3.58. The van der Waals surface area contributed by atoms with Gasteiger partial charge in [0.15, 0.2) is 0 Å². The number of urea groups is 1. The highest BCUT2D eigenvalue weighted by molar-refractivity contribution is 6.02. The first kappa shape index (κ1) is 13.2. The highest BCUT2D eigenvalue weighted by atomic mass is 16.5. The molecular formula is C10H14N2O5. The Hall–Kier alpha value is -1.89. The molecule has 1 rings (SSSR count). The third-order valence-corrected chi connectivity index (χ3v) is 2.24. The third kappa shape index (κ3) is 4.23. The lowest BCUT2D eigenvalue weighted by atomic mass is 10.3. The molecule has 1 unspecified atom stereocenters. The number of imide groups is 1. The molecule has 1 aliphatic heterocycles. The summed E-state index contributed by atoms with van der Waals surface area (Å²) in [5, 5.41) is 10.4. The SMILES string of the molecule is CC1COCCN1C(=O)NC(=O)/C=C/C(=O)O. The number of carboxylic acid groups (broad SMARTS) is 1. The average Bonchev–Trinajstić information content (AvgIpc) is 2.26. The van der Waals surface area contributed by atoms with Crippen molar-refractivity contribution in [3.05, 3.63) is 12.2 Å². The number of morpholine rings is 1. The van der Waals surface area contributed by atoms with Gasteiger partial charge in [-0.15, -0.1) is 0 Å². The summed E-state index contributed by atoms with van der Waals surface area (Å²) in [6, 6.07) is -0.652. The van der Waals surface area contributed by atoms with Crippen LogP contribution in [-0.2, 0) is 14.3 Å². The molecule has 0 aromatic rings. The van der Waals surface area contributed by atoms with E-state index in [2.05, 4.69) is 5.32 Å². The summed E-state index contributed by atoms with van der Waals surface area (Å²) in [7, 11) is 0. The Balaban J connectivity index is 2.48. The quantitative estimate of drug-likeness (QED) is 0.641.